The number of halogens is 3. The molecule has 0 bridgehead atoms. The normalized spacial score (nSPS) is 11.0. The number of benzene rings is 2. The van der Waals surface area contributed by atoms with E-state index in [0.717, 1.165) is 5.69 Å². The zero-order valence-electron chi connectivity index (χ0n) is 10.8. The second-order valence-corrected chi connectivity index (χ2v) is 5.93. The molecule has 0 amide bonds. The van der Waals surface area contributed by atoms with E-state index in [4.69, 9.17) is 28.6 Å². The van der Waals surface area contributed by atoms with Gasteiger partial charge in [0.1, 0.15) is 0 Å². The molecule has 3 nitrogen and oxygen atoms in total. The molecule has 0 spiro atoms. The van der Waals surface area contributed by atoms with Crippen molar-refractivity contribution in [2.75, 3.05) is 7.11 Å². The molecule has 0 radical (unpaired) electrons. The van der Waals surface area contributed by atoms with Gasteiger partial charge in [0, 0.05) is 12.1 Å². The second kappa shape index (κ2) is 5.44. The highest BCUT2D eigenvalue weighted by atomic mass is 79.9. The third kappa shape index (κ3) is 2.37. The first-order chi connectivity index (χ1) is 10.0. The summed E-state index contributed by atoms with van der Waals surface area (Å²) in [6, 6.07) is 8.43. The monoisotopic (exact) mass is 386 g/mol. The SMILES string of the molecule is COc1cc2c(cc1F)[nH]c(=S)n2-c1cccc(Cl)c1Br. The molecule has 7 heteroatoms. The van der Waals surface area contributed by atoms with Gasteiger partial charge in [-0.2, -0.15) is 0 Å². The molecule has 0 saturated carbocycles. The fourth-order valence-corrected chi connectivity index (χ4v) is 3.09. The molecule has 0 atom stereocenters. The van der Waals surface area contributed by atoms with Crippen LogP contribution in [0, 0.1) is 10.6 Å². The summed E-state index contributed by atoms with van der Waals surface area (Å²) in [5, 5.41) is 0.567. The van der Waals surface area contributed by atoms with E-state index in [9.17, 15) is 4.39 Å². The van der Waals surface area contributed by atoms with Crippen molar-refractivity contribution in [1.29, 1.82) is 0 Å². The van der Waals surface area contributed by atoms with Crippen molar-refractivity contribution < 1.29 is 9.13 Å². The van der Waals surface area contributed by atoms with E-state index in [0.29, 0.717) is 25.3 Å². The average molecular weight is 388 g/mol. The molecule has 1 heterocycles. The van der Waals surface area contributed by atoms with Gasteiger partial charge in [0.25, 0.3) is 0 Å². The second-order valence-electron chi connectivity index (χ2n) is 4.34. The lowest BCUT2D eigenvalue weighted by Gasteiger charge is -2.09. The molecule has 1 N–H and O–H groups in total. The molecule has 108 valence electrons. The summed E-state index contributed by atoms with van der Waals surface area (Å²) in [4.78, 5) is 2.98. The molecule has 0 aliphatic carbocycles. The lowest BCUT2D eigenvalue weighted by Crippen LogP contribution is -1.96. The maximum atomic E-state index is 13.8. The Morgan fingerprint density at radius 2 is 2.14 bits per heavy atom. The quantitative estimate of drug-likeness (QED) is 0.609. The molecule has 3 rings (SSSR count). The maximum Gasteiger partial charge on any atom is 0.182 e. The molecule has 0 fully saturated rings. The van der Waals surface area contributed by atoms with Gasteiger partial charge < -0.3 is 9.72 Å². The van der Waals surface area contributed by atoms with E-state index in [1.54, 1.807) is 16.7 Å². The van der Waals surface area contributed by atoms with Gasteiger partial charge in [-0.3, -0.25) is 4.57 Å². The van der Waals surface area contributed by atoms with Gasteiger partial charge in [-0.05, 0) is 40.3 Å². The number of hydrogen-bond acceptors (Lipinski definition) is 2. The number of imidazole rings is 1. The minimum atomic E-state index is -0.446. The van der Waals surface area contributed by atoms with E-state index < -0.39 is 5.82 Å². The van der Waals surface area contributed by atoms with Crippen LogP contribution in [0.2, 0.25) is 5.02 Å². The van der Waals surface area contributed by atoms with Gasteiger partial charge in [-0.1, -0.05) is 17.7 Å². The molecule has 3 aromatic rings. The van der Waals surface area contributed by atoms with E-state index in [1.807, 2.05) is 12.1 Å². The predicted octanol–water partition coefficient (Wildman–Crippen LogP) is 5.25. The number of nitrogens with zero attached hydrogens (tertiary/aromatic N) is 1. The number of aromatic nitrogens is 2. The average Bonchev–Trinajstić information content (AvgIpc) is 2.76. The Hall–Kier alpha value is -1.37. The van der Waals surface area contributed by atoms with Crippen LogP contribution in [-0.2, 0) is 0 Å². The molecule has 0 unspecified atom stereocenters. The number of ether oxygens (including phenoxy) is 1. The molecule has 1 aromatic heterocycles. The van der Waals surface area contributed by atoms with Crippen molar-refractivity contribution in [2.24, 2.45) is 0 Å². The highest BCUT2D eigenvalue weighted by molar-refractivity contribution is 9.10. The van der Waals surface area contributed by atoms with Crippen LogP contribution >= 0.6 is 39.7 Å². The molecular formula is C14H9BrClFN2OS. The number of H-pyrrole nitrogens is 1. The predicted molar refractivity (Wildman–Crippen MR) is 87.7 cm³/mol. The van der Waals surface area contributed by atoms with Gasteiger partial charge in [0.05, 0.1) is 33.3 Å². The number of aromatic amines is 1. The van der Waals surface area contributed by atoms with Crippen LogP contribution in [0.1, 0.15) is 0 Å². The van der Waals surface area contributed by atoms with E-state index >= 15 is 0 Å². The highest BCUT2D eigenvalue weighted by Crippen LogP contribution is 2.33. The van der Waals surface area contributed by atoms with Crippen LogP contribution in [0.4, 0.5) is 4.39 Å². The summed E-state index contributed by atoms with van der Waals surface area (Å²) in [5.74, 6) is -0.290. The first-order valence-corrected chi connectivity index (χ1v) is 7.53. The Bertz CT molecular complexity index is 906. The number of nitrogens with one attached hydrogen (secondary N) is 1. The van der Waals surface area contributed by atoms with Crippen LogP contribution in [0.5, 0.6) is 5.75 Å². The van der Waals surface area contributed by atoms with Gasteiger partial charge in [0.2, 0.25) is 0 Å². The Balaban J connectivity index is 2.39. The first-order valence-electron chi connectivity index (χ1n) is 5.95. The zero-order chi connectivity index (χ0) is 15.1. The minimum Gasteiger partial charge on any atom is -0.494 e. The largest absolute Gasteiger partial charge is 0.494 e. The number of hydrogen-bond donors (Lipinski definition) is 1. The minimum absolute atomic E-state index is 0.156. The zero-order valence-corrected chi connectivity index (χ0v) is 13.9. The summed E-state index contributed by atoms with van der Waals surface area (Å²) in [7, 11) is 1.42. The van der Waals surface area contributed by atoms with Crippen LogP contribution in [0.3, 0.4) is 0 Å². The molecule has 0 aliphatic heterocycles. The number of rotatable bonds is 2. The molecule has 0 aliphatic rings. The van der Waals surface area contributed by atoms with Crippen LogP contribution in [-0.4, -0.2) is 16.7 Å². The molecule has 2 aromatic carbocycles. The van der Waals surface area contributed by atoms with E-state index in [2.05, 4.69) is 20.9 Å². The van der Waals surface area contributed by atoms with Crippen LogP contribution < -0.4 is 4.74 Å². The number of fused-ring (bicyclic) bond motifs is 1. The standard InChI is InChI=1S/C14H9BrClFN2OS/c1-20-12-6-11-9(5-8(12)17)18-14(21)19(11)10-4-2-3-7(16)13(10)15/h2-6H,1H3,(H,18,21). The third-order valence-corrected chi connectivity index (χ3v) is 4.79. The molecule has 0 saturated heterocycles. The smallest absolute Gasteiger partial charge is 0.182 e. The van der Waals surface area contributed by atoms with Gasteiger partial charge in [-0.25, -0.2) is 4.39 Å². The van der Waals surface area contributed by atoms with Gasteiger partial charge >= 0.3 is 0 Å². The van der Waals surface area contributed by atoms with Crippen molar-refractivity contribution in [3.05, 3.63) is 50.4 Å². The Kier molecular flexibility index (Phi) is 3.77. The summed E-state index contributed by atoms with van der Waals surface area (Å²) >= 11 is 14.9. The summed E-state index contributed by atoms with van der Waals surface area (Å²) in [6.07, 6.45) is 0. The van der Waals surface area contributed by atoms with Crippen molar-refractivity contribution >= 4 is 50.8 Å². The van der Waals surface area contributed by atoms with Crippen molar-refractivity contribution in [3.8, 4) is 11.4 Å². The van der Waals surface area contributed by atoms with Gasteiger partial charge in [0.15, 0.2) is 16.3 Å². The third-order valence-electron chi connectivity index (χ3n) is 3.13. The van der Waals surface area contributed by atoms with Crippen LogP contribution in [0.25, 0.3) is 16.7 Å². The first kappa shape index (κ1) is 14.6. The molecule has 21 heavy (non-hydrogen) atoms. The van der Waals surface area contributed by atoms with E-state index in [-0.39, 0.29) is 5.75 Å². The fraction of sp³-hybridized carbons (Fsp3) is 0.0714. The summed E-state index contributed by atoms with van der Waals surface area (Å²) in [6.45, 7) is 0. The molecular weight excluding hydrogens is 379 g/mol. The van der Waals surface area contributed by atoms with Crippen molar-refractivity contribution in [1.82, 2.24) is 9.55 Å². The Morgan fingerprint density at radius 1 is 1.38 bits per heavy atom. The number of methoxy groups -OCH3 is 1. The summed E-state index contributed by atoms with van der Waals surface area (Å²) in [5.41, 5.74) is 2.07. The lowest BCUT2D eigenvalue weighted by atomic mass is 10.2. The van der Waals surface area contributed by atoms with Gasteiger partial charge in [-0.15, -0.1) is 0 Å². The van der Waals surface area contributed by atoms with Crippen molar-refractivity contribution in [3.63, 3.8) is 0 Å². The van der Waals surface area contributed by atoms with Crippen molar-refractivity contribution in [2.45, 2.75) is 0 Å². The Morgan fingerprint density at radius 3 is 2.86 bits per heavy atom. The topological polar surface area (TPSA) is 29.9 Å². The summed E-state index contributed by atoms with van der Waals surface area (Å²) < 4.78 is 21.8. The fourth-order valence-electron chi connectivity index (χ4n) is 2.17. The van der Waals surface area contributed by atoms with Crippen LogP contribution in [0.15, 0.2) is 34.8 Å². The lowest BCUT2D eigenvalue weighted by molar-refractivity contribution is 0.387. The highest BCUT2D eigenvalue weighted by Gasteiger charge is 2.14. The maximum absolute atomic E-state index is 13.8. The Labute approximate surface area is 138 Å². The van der Waals surface area contributed by atoms with E-state index in [1.165, 1.54) is 13.2 Å².